The first-order valence-corrected chi connectivity index (χ1v) is 26.5. The lowest BCUT2D eigenvalue weighted by Gasteiger charge is -2.47. The van der Waals surface area contributed by atoms with Crippen LogP contribution in [0.25, 0.3) is 0 Å². The largest absolute Gasteiger partial charge is 0.465 e. The van der Waals surface area contributed by atoms with Gasteiger partial charge in [-0.1, -0.05) is 56.7 Å². The average Bonchev–Trinajstić information content (AvgIpc) is 3.77. The van der Waals surface area contributed by atoms with Crippen molar-refractivity contribution in [3.63, 3.8) is 0 Å². The molecule has 4 heterocycles. The number of carbonyl (C=O) groups is 5. The van der Waals surface area contributed by atoms with Crippen molar-refractivity contribution in [2.45, 2.75) is 183 Å². The maximum absolute atomic E-state index is 14.6. The van der Waals surface area contributed by atoms with Gasteiger partial charge in [-0.15, -0.1) is 18.3 Å². The van der Waals surface area contributed by atoms with E-state index in [1.165, 1.54) is 30.9 Å². The molecule has 15 atom stereocenters. The zero-order valence-corrected chi connectivity index (χ0v) is 43.9. The number of aliphatic hydroxyl groups is 2. The zero-order valence-electron chi connectivity index (χ0n) is 43.1. The summed E-state index contributed by atoms with van der Waals surface area (Å²) < 4.78 is 42.0. The third kappa shape index (κ3) is 14.1. The highest BCUT2D eigenvalue weighted by molar-refractivity contribution is 8.00. The molecule has 1 aromatic rings. The van der Waals surface area contributed by atoms with Gasteiger partial charge in [-0.2, -0.15) is 0 Å². The summed E-state index contributed by atoms with van der Waals surface area (Å²) in [7, 11) is 4.72. The standard InChI is InChI=1S/C55H79NO14S/c1-10-13-39-25-32(2)24-33(3)26-46(65-8)50-47(66-9)28-35(5)55(63,70-50)51(59)52(60)56-22-12-11-14-41(56)53(61)69-49(36(6)42(57)30-43(39)58)34(4)27-38-17-20-44(45(29-38)64-7)68-31-37-15-18-40(19-16-37)71-48-21-23-67-54(48)62/h10,15-16,18-19,25,27,33,35-36,38-39,41-42,44-50,57,63H,1,11-14,17,20-24,26,28-31H2,2-9H3/b32-25+,34-27+/t33-,35+,36+,38-,39+,41-,42-,44+,45+,46-,47-,48?,49+,50?,55+/m0/s1. The Morgan fingerprint density at radius 2 is 1.59 bits per heavy atom. The molecule has 1 aliphatic carbocycles. The van der Waals surface area contributed by atoms with Gasteiger partial charge in [0.25, 0.3) is 11.7 Å². The maximum atomic E-state index is 14.6. The fourth-order valence-electron chi connectivity index (χ4n) is 11.2. The van der Waals surface area contributed by atoms with E-state index in [0.29, 0.717) is 70.2 Å². The fraction of sp³-hybridized carbons (Fsp3) is 0.691. The number of piperidine rings is 1. The molecule has 1 amide bonds. The van der Waals surface area contributed by atoms with Crippen LogP contribution in [0.15, 0.2) is 65.1 Å². The van der Waals surface area contributed by atoms with Crippen molar-refractivity contribution in [1.82, 2.24) is 4.90 Å². The Morgan fingerprint density at radius 3 is 2.25 bits per heavy atom. The number of cyclic esters (lactones) is 2. The first-order valence-electron chi connectivity index (χ1n) is 25.7. The maximum Gasteiger partial charge on any atom is 0.329 e. The van der Waals surface area contributed by atoms with E-state index in [1.54, 1.807) is 27.0 Å². The normalized spacial score (nSPS) is 37.3. The summed E-state index contributed by atoms with van der Waals surface area (Å²) in [4.78, 5) is 71.7. The molecular formula is C55H79NO14S. The fourth-order valence-corrected chi connectivity index (χ4v) is 12.2. The number of ketones is 2. The Kier molecular flexibility index (Phi) is 20.7. The Balaban J connectivity index is 1.25. The third-order valence-corrected chi connectivity index (χ3v) is 16.7. The van der Waals surface area contributed by atoms with E-state index in [2.05, 4.69) is 12.7 Å². The number of ether oxygens (including phenoxy) is 7. The van der Waals surface area contributed by atoms with Gasteiger partial charge in [-0.3, -0.25) is 19.2 Å². The van der Waals surface area contributed by atoms with Crippen LogP contribution in [0.5, 0.6) is 0 Å². The minimum Gasteiger partial charge on any atom is -0.465 e. The number of hydrogen-bond donors (Lipinski definition) is 2. The van der Waals surface area contributed by atoms with E-state index < -0.39 is 77.8 Å². The van der Waals surface area contributed by atoms with Crippen molar-refractivity contribution < 1.29 is 67.3 Å². The van der Waals surface area contributed by atoms with Crippen LogP contribution in [0.4, 0.5) is 0 Å². The van der Waals surface area contributed by atoms with Gasteiger partial charge in [0, 0.05) is 63.4 Å². The van der Waals surface area contributed by atoms with Crippen molar-refractivity contribution in [2.75, 3.05) is 34.5 Å². The molecule has 15 nitrogen and oxygen atoms in total. The van der Waals surface area contributed by atoms with Gasteiger partial charge in [-0.05, 0) is 113 Å². The molecule has 4 aliphatic heterocycles. The van der Waals surface area contributed by atoms with Crippen LogP contribution in [0.2, 0.25) is 0 Å². The number of rotatable bonds is 12. The highest BCUT2D eigenvalue weighted by Gasteiger charge is 2.56. The van der Waals surface area contributed by atoms with Crippen molar-refractivity contribution in [3.8, 4) is 0 Å². The molecule has 1 aromatic carbocycles. The van der Waals surface area contributed by atoms with Gasteiger partial charge in [-0.25, -0.2) is 4.79 Å². The lowest BCUT2D eigenvalue weighted by atomic mass is 9.81. The molecule has 1 saturated carbocycles. The summed E-state index contributed by atoms with van der Waals surface area (Å²) in [6.45, 7) is 14.1. The number of methoxy groups -OCH3 is 3. The van der Waals surface area contributed by atoms with Crippen molar-refractivity contribution in [1.29, 1.82) is 0 Å². The Bertz CT molecular complexity index is 2080. The minimum absolute atomic E-state index is 0.00353. The van der Waals surface area contributed by atoms with Crippen LogP contribution in [0.1, 0.15) is 117 Å². The zero-order chi connectivity index (χ0) is 51.6. The minimum atomic E-state index is -2.53. The van der Waals surface area contributed by atoms with E-state index >= 15 is 0 Å². The van der Waals surface area contributed by atoms with Crippen LogP contribution in [-0.2, 0) is 63.7 Å². The third-order valence-electron chi connectivity index (χ3n) is 15.4. The number of esters is 2. The molecule has 0 radical (unpaired) electrons. The monoisotopic (exact) mass is 1010 g/mol. The molecule has 2 unspecified atom stereocenters. The molecule has 2 N–H and O–H groups in total. The number of Topliss-reactive ketones (excluding diaryl/α,β-unsaturated/α-hetero) is 2. The number of aliphatic hydroxyl groups excluding tert-OH is 1. The van der Waals surface area contributed by atoms with Crippen LogP contribution >= 0.6 is 11.8 Å². The number of thioether (sulfide) groups is 1. The number of nitrogens with zero attached hydrogens (tertiary/aromatic N) is 1. The van der Waals surface area contributed by atoms with Crippen LogP contribution in [0.3, 0.4) is 0 Å². The Morgan fingerprint density at radius 1 is 0.887 bits per heavy atom. The Labute approximate surface area is 424 Å². The summed E-state index contributed by atoms with van der Waals surface area (Å²) in [5.74, 6) is -8.02. The molecule has 0 aromatic heterocycles. The van der Waals surface area contributed by atoms with Crippen LogP contribution in [-0.4, -0.2) is 139 Å². The van der Waals surface area contributed by atoms with E-state index in [9.17, 15) is 34.2 Å². The second-order valence-corrected chi connectivity index (χ2v) is 22.0. The predicted octanol–water partition coefficient (Wildman–Crippen LogP) is 7.27. The number of fused-ring (bicyclic) bond motifs is 3. The number of hydrogen-bond acceptors (Lipinski definition) is 15. The summed E-state index contributed by atoms with van der Waals surface area (Å²) in [5.41, 5.74) is 2.62. The highest BCUT2D eigenvalue weighted by atomic mass is 32.2. The summed E-state index contributed by atoms with van der Waals surface area (Å²) in [5, 5.41) is 23.9. The number of benzene rings is 1. The van der Waals surface area contributed by atoms with Gasteiger partial charge in [0.05, 0.1) is 43.7 Å². The first-order chi connectivity index (χ1) is 33.9. The lowest BCUT2D eigenvalue weighted by molar-refractivity contribution is -0.302. The molecule has 394 valence electrons. The predicted molar refractivity (Wildman–Crippen MR) is 267 cm³/mol. The number of allylic oxidation sites excluding steroid dienone is 4. The molecule has 71 heavy (non-hydrogen) atoms. The van der Waals surface area contributed by atoms with Gasteiger partial charge in [0.15, 0.2) is 0 Å². The first kappa shape index (κ1) is 56.6. The average molecular weight is 1010 g/mol. The van der Waals surface area contributed by atoms with E-state index in [1.807, 2.05) is 51.1 Å². The second-order valence-electron chi connectivity index (χ2n) is 20.8. The van der Waals surface area contributed by atoms with Gasteiger partial charge >= 0.3 is 11.9 Å². The van der Waals surface area contributed by atoms with E-state index in [-0.39, 0.29) is 66.9 Å². The Hall–Kier alpha value is -3.74. The second kappa shape index (κ2) is 26.0. The molecule has 5 aliphatic rings. The molecule has 3 saturated heterocycles. The molecule has 2 bridgehead atoms. The summed E-state index contributed by atoms with van der Waals surface area (Å²) in [6.07, 6.45) is 6.39. The number of carbonyl (C=O) groups excluding carboxylic acids is 5. The summed E-state index contributed by atoms with van der Waals surface area (Å²) in [6, 6.07) is 6.83. The quantitative estimate of drug-likeness (QED) is 0.121. The SMILES string of the molecule is C=CC[C@@H]1/C=C(\C)C[C@H](C)C[C@H](OC)C2O[C@@](O)(C(=O)C(=O)N3CCCC[C@H]3C(=O)O[C@H](/C(C)=C/[C@@H]3CC[C@@H](OCc4ccc(SC5CCOC5=O)cc4)[C@H](OC)C3)[C@H](C)[C@@H](O)CC1=O)[C@H](C)C[C@@H]2OC. The van der Waals surface area contributed by atoms with Crippen LogP contribution in [0, 0.1) is 29.6 Å². The molecule has 4 fully saturated rings. The van der Waals surface area contributed by atoms with E-state index in [0.717, 1.165) is 22.5 Å². The molecule has 0 spiro atoms. The highest BCUT2D eigenvalue weighted by Crippen LogP contribution is 2.40. The van der Waals surface area contributed by atoms with Crippen LogP contribution < -0.4 is 0 Å². The van der Waals surface area contributed by atoms with Gasteiger partial charge in [0.1, 0.15) is 29.3 Å². The van der Waals surface area contributed by atoms with E-state index in [4.69, 9.17) is 33.2 Å². The van der Waals surface area contributed by atoms with Gasteiger partial charge < -0.3 is 48.3 Å². The summed E-state index contributed by atoms with van der Waals surface area (Å²) >= 11 is 1.51. The van der Waals surface area contributed by atoms with Crippen molar-refractivity contribution in [3.05, 3.63) is 65.8 Å². The number of amides is 1. The topological polar surface area (TPSA) is 194 Å². The molecule has 6 rings (SSSR count). The lowest BCUT2D eigenvalue weighted by Crippen LogP contribution is -2.64. The molecule has 16 heteroatoms. The van der Waals surface area contributed by atoms with Crippen molar-refractivity contribution >= 4 is 41.2 Å². The van der Waals surface area contributed by atoms with Crippen molar-refractivity contribution in [2.24, 2.45) is 29.6 Å². The smallest absolute Gasteiger partial charge is 0.329 e. The van der Waals surface area contributed by atoms with Gasteiger partial charge in [0.2, 0.25) is 5.79 Å². The molecular weight excluding hydrogens is 931 g/mol.